The van der Waals surface area contributed by atoms with Crippen LogP contribution in [0.4, 0.5) is 5.69 Å². The summed E-state index contributed by atoms with van der Waals surface area (Å²) in [7, 11) is 1.36. The second-order valence-electron chi connectivity index (χ2n) is 6.53. The molecule has 31 heavy (non-hydrogen) atoms. The summed E-state index contributed by atoms with van der Waals surface area (Å²) in [5.74, 6) is 0.275. The quantitative estimate of drug-likeness (QED) is 0.335. The van der Waals surface area contributed by atoms with E-state index in [1.165, 1.54) is 19.2 Å². The number of hydrazone groups is 1. The number of nitro groups is 1. The molecule has 3 aromatic rings. The number of methoxy groups -OCH3 is 1. The van der Waals surface area contributed by atoms with Gasteiger partial charge in [0.15, 0.2) is 12.4 Å². The molecule has 0 aromatic heterocycles. The number of hydrogen-bond donors (Lipinski definition) is 1. The van der Waals surface area contributed by atoms with E-state index < -0.39 is 10.8 Å². The summed E-state index contributed by atoms with van der Waals surface area (Å²) in [4.78, 5) is 22.8. The highest BCUT2D eigenvalue weighted by molar-refractivity contribution is 6.00. The maximum Gasteiger partial charge on any atom is 0.311 e. The number of rotatable bonds is 8. The Bertz CT molecular complexity index is 1110. The van der Waals surface area contributed by atoms with Gasteiger partial charge in [-0.3, -0.25) is 14.9 Å². The first-order valence-electron chi connectivity index (χ1n) is 9.42. The van der Waals surface area contributed by atoms with E-state index in [1.807, 2.05) is 48.5 Å². The molecule has 0 fully saturated rings. The first-order valence-corrected chi connectivity index (χ1v) is 9.42. The third kappa shape index (κ3) is 5.45. The highest BCUT2D eigenvalue weighted by Crippen LogP contribution is 2.29. The van der Waals surface area contributed by atoms with E-state index in [0.29, 0.717) is 17.0 Å². The summed E-state index contributed by atoms with van der Waals surface area (Å²) in [5, 5.41) is 15.2. The van der Waals surface area contributed by atoms with Crippen LogP contribution in [0.25, 0.3) is 11.1 Å². The summed E-state index contributed by atoms with van der Waals surface area (Å²) in [5.41, 5.74) is 4.98. The van der Waals surface area contributed by atoms with Crippen LogP contribution in [0.15, 0.2) is 77.9 Å². The Kier molecular flexibility index (Phi) is 6.95. The highest BCUT2D eigenvalue weighted by atomic mass is 16.6. The number of nitrogens with zero attached hydrogens (tertiary/aromatic N) is 2. The standard InChI is InChI=1S/C23H21N3O5/c1-16(18-12-13-22(30-2)20(14-18)26(28)29)24-25-23(27)15-31-21-11-7-6-10-19(21)17-8-4-3-5-9-17/h3-14H,15H2,1-2H3,(H,25,27)/b24-16-. The molecule has 0 unspecified atom stereocenters. The molecule has 1 amide bonds. The van der Waals surface area contributed by atoms with Gasteiger partial charge in [-0.1, -0.05) is 48.5 Å². The van der Waals surface area contributed by atoms with Crippen molar-refractivity contribution in [2.75, 3.05) is 13.7 Å². The van der Waals surface area contributed by atoms with Crippen LogP contribution in [0.3, 0.4) is 0 Å². The van der Waals surface area contributed by atoms with Gasteiger partial charge in [0.2, 0.25) is 0 Å². The molecule has 0 spiro atoms. The third-order valence-corrected chi connectivity index (χ3v) is 4.47. The Hall–Kier alpha value is -4.20. The topological polar surface area (TPSA) is 103 Å². The molecule has 0 bridgehead atoms. The lowest BCUT2D eigenvalue weighted by Crippen LogP contribution is -2.25. The van der Waals surface area contributed by atoms with Crippen LogP contribution in [0.2, 0.25) is 0 Å². The van der Waals surface area contributed by atoms with Crippen molar-refractivity contribution in [2.24, 2.45) is 5.10 Å². The average molecular weight is 419 g/mol. The Morgan fingerprint density at radius 3 is 2.45 bits per heavy atom. The number of carbonyl (C=O) groups excluding carboxylic acids is 1. The second-order valence-corrected chi connectivity index (χ2v) is 6.53. The fourth-order valence-corrected chi connectivity index (χ4v) is 2.89. The Labute approximate surface area is 179 Å². The number of carbonyl (C=O) groups is 1. The van der Waals surface area contributed by atoms with Crippen molar-refractivity contribution in [1.82, 2.24) is 5.43 Å². The normalized spacial score (nSPS) is 11.0. The molecule has 0 aliphatic carbocycles. The minimum absolute atomic E-state index is 0.149. The lowest BCUT2D eigenvalue weighted by molar-refractivity contribution is -0.385. The molecule has 0 atom stereocenters. The predicted molar refractivity (Wildman–Crippen MR) is 117 cm³/mol. The van der Waals surface area contributed by atoms with E-state index in [9.17, 15) is 14.9 Å². The van der Waals surface area contributed by atoms with Crippen LogP contribution >= 0.6 is 0 Å². The Balaban J connectivity index is 1.65. The smallest absolute Gasteiger partial charge is 0.311 e. The van der Waals surface area contributed by atoms with E-state index in [4.69, 9.17) is 9.47 Å². The number of amides is 1. The number of benzene rings is 3. The minimum atomic E-state index is -0.536. The summed E-state index contributed by atoms with van der Waals surface area (Å²) in [6.45, 7) is 1.40. The zero-order chi connectivity index (χ0) is 22.2. The molecule has 0 saturated heterocycles. The zero-order valence-corrected chi connectivity index (χ0v) is 17.1. The number of para-hydroxylation sites is 1. The fourth-order valence-electron chi connectivity index (χ4n) is 2.89. The molecule has 1 N–H and O–H groups in total. The predicted octanol–water partition coefficient (Wildman–Crippen LogP) is 4.19. The monoisotopic (exact) mass is 419 g/mol. The molecule has 0 radical (unpaired) electrons. The van der Waals surface area contributed by atoms with E-state index in [2.05, 4.69) is 10.5 Å². The molecule has 0 aliphatic heterocycles. The molecule has 3 rings (SSSR count). The van der Waals surface area contributed by atoms with Gasteiger partial charge in [-0.2, -0.15) is 5.10 Å². The van der Waals surface area contributed by atoms with Crippen LogP contribution in [0, 0.1) is 10.1 Å². The third-order valence-electron chi connectivity index (χ3n) is 4.47. The number of nitrogens with one attached hydrogen (secondary N) is 1. The lowest BCUT2D eigenvalue weighted by atomic mass is 10.1. The van der Waals surface area contributed by atoms with Crippen LogP contribution < -0.4 is 14.9 Å². The molecule has 8 heteroatoms. The van der Waals surface area contributed by atoms with Crippen LogP contribution in [0.1, 0.15) is 12.5 Å². The largest absolute Gasteiger partial charge is 0.490 e. The first kappa shape index (κ1) is 21.5. The van der Waals surface area contributed by atoms with Gasteiger partial charge in [-0.25, -0.2) is 5.43 Å². The molecule has 0 aliphatic rings. The highest BCUT2D eigenvalue weighted by Gasteiger charge is 2.16. The molecule has 0 heterocycles. The maximum atomic E-state index is 12.2. The number of hydrogen-bond acceptors (Lipinski definition) is 6. The van der Waals surface area contributed by atoms with E-state index >= 15 is 0 Å². The average Bonchev–Trinajstić information content (AvgIpc) is 2.81. The van der Waals surface area contributed by atoms with Crippen molar-refractivity contribution in [1.29, 1.82) is 0 Å². The number of nitro benzene ring substituents is 1. The van der Waals surface area contributed by atoms with Crippen molar-refractivity contribution in [2.45, 2.75) is 6.92 Å². The van der Waals surface area contributed by atoms with Gasteiger partial charge in [0.25, 0.3) is 5.91 Å². The minimum Gasteiger partial charge on any atom is -0.490 e. The van der Waals surface area contributed by atoms with Gasteiger partial charge >= 0.3 is 5.69 Å². The SMILES string of the molecule is COc1ccc(/C(C)=N\NC(=O)COc2ccccc2-c2ccccc2)cc1[N+](=O)[O-]. The van der Waals surface area contributed by atoms with Gasteiger partial charge < -0.3 is 9.47 Å². The Morgan fingerprint density at radius 2 is 1.74 bits per heavy atom. The molecule has 0 saturated carbocycles. The molecule has 8 nitrogen and oxygen atoms in total. The van der Waals surface area contributed by atoms with Crippen molar-refractivity contribution in [3.63, 3.8) is 0 Å². The van der Waals surface area contributed by atoms with Gasteiger partial charge in [0, 0.05) is 17.2 Å². The van der Waals surface area contributed by atoms with Gasteiger partial charge in [-0.05, 0) is 30.7 Å². The van der Waals surface area contributed by atoms with Crippen LogP contribution in [-0.4, -0.2) is 30.3 Å². The lowest BCUT2D eigenvalue weighted by Gasteiger charge is -2.11. The van der Waals surface area contributed by atoms with Crippen molar-refractivity contribution in [3.8, 4) is 22.6 Å². The van der Waals surface area contributed by atoms with Crippen molar-refractivity contribution in [3.05, 3.63) is 88.5 Å². The van der Waals surface area contributed by atoms with E-state index in [-0.39, 0.29) is 18.0 Å². The van der Waals surface area contributed by atoms with E-state index in [0.717, 1.165) is 11.1 Å². The summed E-state index contributed by atoms with van der Waals surface area (Å²) < 4.78 is 10.7. The maximum absolute atomic E-state index is 12.2. The molecular weight excluding hydrogens is 398 g/mol. The van der Waals surface area contributed by atoms with E-state index in [1.54, 1.807) is 19.1 Å². The van der Waals surface area contributed by atoms with Crippen molar-refractivity contribution >= 4 is 17.3 Å². The van der Waals surface area contributed by atoms with Gasteiger partial charge in [-0.15, -0.1) is 0 Å². The summed E-state index contributed by atoms with van der Waals surface area (Å²) in [6, 6.07) is 21.6. The molecular formula is C23H21N3O5. The second kappa shape index (κ2) is 10.0. The van der Waals surface area contributed by atoms with Gasteiger partial charge in [0.05, 0.1) is 17.7 Å². The summed E-state index contributed by atoms with van der Waals surface area (Å²) in [6.07, 6.45) is 0. The van der Waals surface area contributed by atoms with Gasteiger partial charge in [0.1, 0.15) is 5.75 Å². The van der Waals surface area contributed by atoms with Crippen LogP contribution in [0.5, 0.6) is 11.5 Å². The number of ether oxygens (including phenoxy) is 2. The van der Waals surface area contributed by atoms with Crippen molar-refractivity contribution < 1.29 is 19.2 Å². The van der Waals surface area contributed by atoms with Crippen LogP contribution in [-0.2, 0) is 4.79 Å². The summed E-state index contributed by atoms with van der Waals surface area (Å²) >= 11 is 0. The Morgan fingerprint density at radius 1 is 1.03 bits per heavy atom. The zero-order valence-electron chi connectivity index (χ0n) is 17.1. The molecule has 158 valence electrons. The molecule has 3 aromatic carbocycles. The first-order chi connectivity index (χ1) is 15.0. The fraction of sp³-hybridized carbons (Fsp3) is 0.130.